The summed E-state index contributed by atoms with van der Waals surface area (Å²) in [5.74, 6) is 6.11. The van der Waals surface area contributed by atoms with Gasteiger partial charge in [-0.25, -0.2) is 24.2 Å². The summed E-state index contributed by atoms with van der Waals surface area (Å²) in [5.41, 5.74) is 19.0. The van der Waals surface area contributed by atoms with Crippen molar-refractivity contribution in [1.82, 2.24) is 59.4 Å². The molecule has 7 aromatic carbocycles. The molecule has 4 fully saturated rings. The molecular weight excluding hydrogens is 1680 g/mol. The largest absolute Gasteiger partial charge is 0.380 e. The van der Waals surface area contributed by atoms with Crippen molar-refractivity contribution in [1.29, 1.82) is 0 Å². The van der Waals surface area contributed by atoms with Crippen LogP contribution in [-0.2, 0) is 17.8 Å². The van der Waals surface area contributed by atoms with Gasteiger partial charge in [0.1, 0.15) is 5.82 Å². The highest BCUT2D eigenvalue weighted by Gasteiger charge is 2.28. The van der Waals surface area contributed by atoms with Crippen molar-refractivity contribution in [2.24, 2.45) is 0 Å². The first-order chi connectivity index (χ1) is 65.4. The summed E-state index contributed by atoms with van der Waals surface area (Å²) in [6.45, 7) is 39.7. The maximum absolute atomic E-state index is 12.6. The van der Waals surface area contributed by atoms with E-state index >= 15 is 0 Å². The average molecular weight is 1820 g/mol. The molecule has 12 aromatic rings. The maximum atomic E-state index is 12.6. The third kappa shape index (κ3) is 29.3. The summed E-state index contributed by atoms with van der Waals surface area (Å²) in [6.07, 6.45) is 12.8. The molecular formula is C109H133N21O5. The molecule has 26 nitrogen and oxygen atoms in total. The van der Waals surface area contributed by atoms with Gasteiger partial charge in [0.05, 0.1) is 24.0 Å². The van der Waals surface area contributed by atoms with Crippen LogP contribution in [0.15, 0.2) is 274 Å². The maximum Gasteiger partial charge on any atom is 0.321 e. The SMILES string of the molecule is CC(C)c1ccc(NC(=O)N2CCN(c3ccc(-n4cccc4)nn3)CC2)cc1.CC(C)c1ccc(NC(=O)N2CCN(c3ccc(NCc4ccccc4)cn3)CC2)cc1.CC(C)c1ccc(NC(=O)N2CCN(c3cccnn3)CC2)cc1.Cc1ccc(C2=CCN(C(=O)Cc3ccc(C(C)C)cc3)CC2)nc1.Cc1ccc(N2CCN(C(=O)Nc3ccc(C(C)C)cc3)CC2)cc1. The Balaban J connectivity index is 0.000000144. The molecule has 0 spiro atoms. The molecule has 135 heavy (non-hydrogen) atoms. The third-order valence-electron chi connectivity index (χ3n) is 24.9. The molecule has 26 heteroatoms. The number of carbonyl (C=O) groups excluding carboxylic acids is 5. The number of amides is 9. The summed E-state index contributed by atoms with van der Waals surface area (Å²) in [6, 6.07) is 79.4. The average Bonchev–Trinajstić information content (AvgIpc) is 1.79. The molecule has 0 aliphatic carbocycles. The lowest BCUT2D eigenvalue weighted by Crippen LogP contribution is -2.50. The van der Waals surface area contributed by atoms with Crippen LogP contribution in [-0.4, -0.2) is 207 Å². The Labute approximate surface area is 797 Å². The monoisotopic (exact) mass is 1820 g/mol. The highest BCUT2D eigenvalue weighted by Crippen LogP contribution is 2.29. The molecule has 0 atom stereocenters. The highest BCUT2D eigenvalue weighted by molar-refractivity contribution is 5.92. The standard InChI is InChI=1S/C26H31N5O.C22H26N6O.C22H26N2O.C21H27N3O.C18H23N5O/c1-20(2)22-8-10-23(11-9-22)29-26(32)31-16-14-30(15-17-31)25-13-12-24(19-28-25)27-18-21-6-4-3-5-7-21;1-17(2)18-5-7-19(8-6-18)23-22(29)28-15-13-27(14-16-28)21-10-9-20(24-25-21)26-11-3-4-12-26;1-16(2)19-7-5-18(6-8-19)14-22(25)24-12-10-20(11-13-24)21-9-4-17(3)15-23-21;1-16(2)18-6-8-19(9-7-18)22-21(25)24-14-12-23(13-15-24)20-10-4-17(3)5-11-20;1-14(2)15-5-7-16(8-6-15)20-18(24)23-12-10-22(11-13-23)17-4-3-9-19-21-17/h3-13,19-20,27H,14-18H2,1-2H3,(H,29,32);3-12,17H,13-16H2,1-2H3,(H,23,29);4-10,15-16H,11-14H2,1-3H3;4-11,16H,12-15H2,1-3H3,(H,22,25);3-9,14H,10-13H2,1-2H3,(H,20,24). The van der Waals surface area contributed by atoms with Gasteiger partial charge in [0.2, 0.25) is 5.91 Å². The fourth-order valence-corrected chi connectivity index (χ4v) is 16.1. The van der Waals surface area contributed by atoms with Crippen molar-refractivity contribution >= 4 is 87.2 Å². The number of hydrogen-bond donors (Lipinski definition) is 5. The minimum atomic E-state index is -0.0593. The van der Waals surface area contributed by atoms with Crippen molar-refractivity contribution in [3.05, 3.63) is 329 Å². The van der Waals surface area contributed by atoms with Crippen molar-refractivity contribution in [2.45, 2.75) is 132 Å². The summed E-state index contributed by atoms with van der Waals surface area (Å²) < 4.78 is 1.92. The normalized spacial score (nSPS) is 14.4. The summed E-state index contributed by atoms with van der Waals surface area (Å²) in [7, 11) is 0. The number of nitrogens with zero attached hydrogens (tertiary/aromatic N) is 16. The number of nitrogens with one attached hydrogen (secondary N) is 5. The van der Waals surface area contributed by atoms with Gasteiger partial charge in [-0.3, -0.25) is 9.78 Å². The van der Waals surface area contributed by atoms with Crippen molar-refractivity contribution in [2.75, 3.05) is 164 Å². The zero-order valence-electron chi connectivity index (χ0n) is 80.4. The molecule has 5 aliphatic rings. The number of pyridine rings is 2. The molecule has 4 saturated heterocycles. The first-order valence-corrected chi connectivity index (χ1v) is 47.5. The Kier molecular flexibility index (Phi) is 35.5. The lowest BCUT2D eigenvalue weighted by molar-refractivity contribution is -0.130. The number of urea groups is 4. The predicted molar refractivity (Wildman–Crippen MR) is 548 cm³/mol. The molecule has 5 N–H and O–H groups in total. The van der Waals surface area contributed by atoms with Crippen LogP contribution in [0, 0.1) is 13.8 Å². The number of aryl methyl sites for hydroxylation is 2. The molecule has 704 valence electrons. The fraction of sp³-hybridized carbons (Fsp3) is 0.349. The van der Waals surface area contributed by atoms with Gasteiger partial charge in [-0.15, -0.1) is 15.3 Å². The number of hydrogen-bond acceptors (Lipinski definition) is 16. The van der Waals surface area contributed by atoms with Crippen molar-refractivity contribution in [3.8, 4) is 5.82 Å². The van der Waals surface area contributed by atoms with Crippen LogP contribution >= 0.6 is 0 Å². The molecule has 0 saturated carbocycles. The zero-order chi connectivity index (χ0) is 95.1. The van der Waals surface area contributed by atoms with Gasteiger partial charge in [0, 0.05) is 178 Å². The van der Waals surface area contributed by atoms with Crippen LogP contribution < -0.4 is 46.2 Å². The van der Waals surface area contributed by atoms with Gasteiger partial charge < -0.3 is 75.3 Å². The first kappa shape index (κ1) is 98.1. The van der Waals surface area contributed by atoms with Crippen LogP contribution in [0.25, 0.3) is 11.4 Å². The quantitative estimate of drug-likeness (QED) is 0.0475. The molecule has 9 amide bonds. The van der Waals surface area contributed by atoms with Crippen LogP contribution in [0.2, 0.25) is 0 Å². The third-order valence-corrected chi connectivity index (χ3v) is 24.9. The van der Waals surface area contributed by atoms with Crippen LogP contribution in [0.4, 0.5) is 70.8 Å². The molecule has 0 bridgehead atoms. The highest BCUT2D eigenvalue weighted by atomic mass is 16.2. The fourth-order valence-electron chi connectivity index (χ4n) is 16.1. The molecule has 5 aromatic heterocycles. The molecule has 5 aliphatic heterocycles. The molecule has 10 heterocycles. The lowest BCUT2D eigenvalue weighted by Gasteiger charge is -2.36. The van der Waals surface area contributed by atoms with E-state index in [9.17, 15) is 24.0 Å². The first-order valence-electron chi connectivity index (χ1n) is 47.5. The number of anilines is 9. The summed E-state index contributed by atoms with van der Waals surface area (Å²) in [5, 5.41) is 32.1. The second-order valence-electron chi connectivity index (χ2n) is 36.3. The van der Waals surface area contributed by atoms with Crippen molar-refractivity contribution in [3.63, 3.8) is 0 Å². The van der Waals surface area contributed by atoms with Crippen molar-refractivity contribution < 1.29 is 24.0 Å². The van der Waals surface area contributed by atoms with E-state index in [0.29, 0.717) is 81.8 Å². The van der Waals surface area contributed by atoms with E-state index in [1.165, 1.54) is 55.8 Å². The number of piperazine rings is 4. The van der Waals surface area contributed by atoms with Crippen LogP contribution in [0.1, 0.15) is 161 Å². The van der Waals surface area contributed by atoms with Gasteiger partial charge in [-0.05, 0) is 215 Å². The van der Waals surface area contributed by atoms with Gasteiger partial charge in [-0.1, -0.05) is 202 Å². The van der Waals surface area contributed by atoms with E-state index in [1.807, 2.05) is 170 Å². The summed E-state index contributed by atoms with van der Waals surface area (Å²) in [4.78, 5) is 90.0. The second kappa shape index (κ2) is 48.8. The minimum absolute atomic E-state index is 0.0131. The van der Waals surface area contributed by atoms with Gasteiger partial charge in [-0.2, -0.15) is 5.10 Å². The van der Waals surface area contributed by atoms with E-state index in [2.05, 4.69) is 286 Å². The molecule has 0 unspecified atom stereocenters. The number of aromatic nitrogens is 7. The number of benzene rings is 7. The Morgan fingerprint density at radius 2 is 0.719 bits per heavy atom. The van der Waals surface area contributed by atoms with Gasteiger partial charge >= 0.3 is 24.1 Å². The van der Waals surface area contributed by atoms with E-state index in [-0.39, 0.29) is 30.0 Å². The van der Waals surface area contributed by atoms with Crippen LogP contribution in [0.3, 0.4) is 0 Å². The second-order valence-corrected chi connectivity index (χ2v) is 36.3. The number of rotatable bonds is 20. The van der Waals surface area contributed by atoms with E-state index in [0.717, 1.165) is 148 Å². The number of carbonyl (C=O) groups is 5. The smallest absolute Gasteiger partial charge is 0.321 e. The Morgan fingerprint density at radius 3 is 1.10 bits per heavy atom. The van der Waals surface area contributed by atoms with Gasteiger partial charge in [0.15, 0.2) is 17.5 Å². The molecule has 0 radical (unpaired) electrons. The van der Waals surface area contributed by atoms with E-state index < -0.39 is 0 Å². The summed E-state index contributed by atoms with van der Waals surface area (Å²) >= 11 is 0. The Hall–Kier alpha value is -14.4. The zero-order valence-corrected chi connectivity index (χ0v) is 80.4. The van der Waals surface area contributed by atoms with E-state index in [4.69, 9.17) is 0 Å². The predicted octanol–water partition coefficient (Wildman–Crippen LogP) is 20.7. The lowest BCUT2D eigenvalue weighted by atomic mass is 10.00. The van der Waals surface area contributed by atoms with E-state index in [1.54, 1.807) is 6.20 Å². The Morgan fingerprint density at radius 1 is 0.326 bits per heavy atom. The van der Waals surface area contributed by atoms with Crippen LogP contribution in [0.5, 0.6) is 0 Å². The topological polar surface area (TPSA) is 257 Å². The molecule has 17 rings (SSSR count). The minimum Gasteiger partial charge on any atom is -0.380 e. The Bertz CT molecular complexity index is 5680. The van der Waals surface area contributed by atoms with Gasteiger partial charge in [0.25, 0.3) is 0 Å².